The quantitative estimate of drug-likeness (QED) is 0.574. The summed E-state index contributed by atoms with van der Waals surface area (Å²) < 4.78 is 34.7. The molecule has 37 heavy (non-hydrogen) atoms. The van der Waals surface area contributed by atoms with Crippen LogP contribution in [0.4, 0.5) is 8.78 Å². The fourth-order valence-electron chi connectivity index (χ4n) is 5.08. The molecule has 2 aliphatic heterocycles. The van der Waals surface area contributed by atoms with Crippen LogP contribution in [0.15, 0.2) is 36.5 Å². The molecule has 2 aliphatic rings. The van der Waals surface area contributed by atoms with Gasteiger partial charge in [-0.05, 0) is 82.8 Å². The molecule has 2 fully saturated rings. The largest absolute Gasteiger partial charge is 0.492 e. The number of nitrogens with zero attached hydrogens (tertiary/aromatic N) is 3. The average Bonchev–Trinajstić information content (AvgIpc) is 2.87. The second-order valence-electron chi connectivity index (χ2n) is 10.8. The molecule has 0 bridgehead atoms. The summed E-state index contributed by atoms with van der Waals surface area (Å²) in [5.74, 6) is -0.525. The van der Waals surface area contributed by atoms with Crippen molar-refractivity contribution in [1.29, 1.82) is 0 Å². The highest BCUT2D eigenvalue weighted by Gasteiger charge is 2.28. The number of pyridine rings is 1. The Bertz CT molecular complexity index is 1090. The highest BCUT2D eigenvalue weighted by molar-refractivity contribution is 5.95. The van der Waals surface area contributed by atoms with Crippen LogP contribution in [-0.2, 0) is 4.79 Å². The van der Waals surface area contributed by atoms with Crippen LogP contribution in [0.2, 0.25) is 0 Å². The number of carbonyl (C=O) groups excluding carboxylic acids is 2. The van der Waals surface area contributed by atoms with Crippen molar-refractivity contribution in [3.8, 4) is 17.0 Å². The van der Waals surface area contributed by atoms with E-state index >= 15 is 0 Å². The van der Waals surface area contributed by atoms with E-state index in [2.05, 4.69) is 9.88 Å². The van der Waals surface area contributed by atoms with E-state index in [0.717, 1.165) is 25.9 Å². The molecule has 3 heterocycles. The van der Waals surface area contributed by atoms with Crippen molar-refractivity contribution in [2.75, 3.05) is 39.3 Å². The predicted molar refractivity (Wildman–Crippen MR) is 137 cm³/mol. The Balaban J connectivity index is 1.29. The number of rotatable bonds is 8. The van der Waals surface area contributed by atoms with Gasteiger partial charge in [0.2, 0.25) is 5.91 Å². The average molecular weight is 515 g/mol. The summed E-state index contributed by atoms with van der Waals surface area (Å²) in [7, 11) is 0. The third-order valence-electron chi connectivity index (χ3n) is 7.21. The zero-order valence-corrected chi connectivity index (χ0v) is 21.6. The van der Waals surface area contributed by atoms with E-state index in [1.807, 2.05) is 6.07 Å². The Morgan fingerprint density at radius 3 is 2.35 bits per heavy atom. The lowest BCUT2D eigenvalue weighted by molar-refractivity contribution is -0.123. The van der Waals surface area contributed by atoms with Crippen LogP contribution in [0.1, 0.15) is 49.9 Å². The number of aromatic nitrogens is 1. The highest BCUT2D eigenvalue weighted by atomic mass is 19.1. The number of carbonyl (C=O) groups is 2. The minimum Gasteiger partial charge on any atom is -0.492 e. The molecule has 1 aromatic heterocycles. The molecule has 200 valence electrons. The van der Waals surface area contributed by atoms with E-state index in [1.54, 1.807) is 37.1 Å². The summed E-state index contributed by atoms with van der Waals surface area (Å²) in [5.41, 5.74) is 5.32. The van der Waals surface area contributed by atoms with Gasteiger partial charge >= 0.3 is 0 Å². The Morgan fingerprint density at radius 2 is 1.78 bits per heavy atom. The maximum absolute atomic E-state index is 14.9. The van der Waals surface area contributed by atoms with Crippen molar-refractivity contribution in [3.05, 3.63) is 47.9 Å². The smallest absolute Gasteiger partial charge is 0.256 e. The van der Waals surface area contributed by atoms with Gasteiger partial charge in [0.15, 0.2) is 0 Å². The fourth-order valence-corrected chi connectivity index (χ4v) is 5.08. The molecule has 7 nitrogen and oxygen atoms in total. The van der Waals surface area contributed by atoms with Gasteiger partial charge in [0.1, 0.15) is 17.2 Å². The number of likely N-dealkylation sites (tertiary alicyclic amines) is 2. The minimum absolute atomic E-state index is 0.00218. The summed E-state index contributed by atoms with van der Waals surface area (Å²) in [5, 5.41) is 0. The molecule has 2 N–H and O–H groups in total. The van der Waals surface area contributed by atoms with Crippen LogP contribution < -0.4 is 10.5 Å². The summed E-state index contributed by atoms with van der Waals surface area (Å²) in [6.45, 7) is 6.76. The molecular weight excluding hydrogens is 478 g/mol. The fraction of sp³-hybridized carbons (Fsp3) is 0.536. The standard InChI is InChI=1S/C28H36F2N4O3/c1-28(2,30)18-33-11-7-19(8-12-33)17-37-22-4-6-25(32-16-22)21-3-5-23(24(29)15-21)27(36)34-13-9-20(10-14-34)26(31)35/h3-6,15-16,19-20H,7-14,17-18H2,1-2H3,(H2,31,35). The van der Waals surface area contributed by atoms with Gasteiger partial charge < -0.3 is 20.3 Å². The van der Waals surface area contributed by atoms with Gasteiger partial charge in [0.05, 0.1) is 24.1 Å². The molecule has 0 saturated carbocycles. The topological polar surface area (TPSA) is 88.8 Å². The van der Waals surface area contributed by atoms with Gasteiger partial charge in [0, 0.05) is 31.1 Å². The molecule has 2 saturated heterocycles. The number of primary amides is 1. The molecular formula is C28H36F2N4O3. The first-order valence-electron chi connectivity index (χ1n) is 13.0. The van der Waals surface area contributed by atoms with Crippen LogP contribution in [0.3, 0.4) is 0 Å². The van der Waals surface area contributed by atoms with E-state index < -0.39 is 11.5 Å². The number of hydrogen-bond acceptors (Lipinski definition) is 5. The molecule has 1 aromatic carbocycles. The van der Waals surface area contributed by atoms with Crippen molar-refractivity contribution in [2.24, 2.45) is 17.6 Å². The Kier molecular flexibility index (Phi) is 8.42. The van der Waals surface area contributed by atoms with Crippen molar-refractivity contribution >= 4 is 11.8 Å². The first kappa shape index (κ1) is 27.0. The molecule has 0 radical (unpaired) electrons. The predicted octanol–water partition coefficient (Wildman–Crippen LogP) is 4.06. The Labute approximate surface area is 217 Å². The van der Waals surface area contributed by atoms with Gasteiger partial charge in [-0.3, -0.25) is 14.6 Å². The first-order chi connectivity index (χ1) is 17.6. The third kappa shape index (κ3) is 7.25. The van der Waals surface area contributed by atoms with Gasteiger partial charge in [0.25, 0.3) is 5.91 Å². The summed E-state index contributed by atoms with van der Waals surface area (Å²) in [6, 6.07) is 8.06. The van der Waals surface area contributed by atoms with E-state index in [4.69, 9.17) is 10.5 Å². The van der Waals surface area contributed by atoms with Gasteiger partial charge in [-0.15, -0.1) is 0 Å². The molecule has 0 aliphatic carbocycles. The van der Waals surface area contributed by atoms with E-state index in [9.17, 15) is 18.4 Å². The first-order valence-corrected chi connectivity index (χ1v) is 13.0. The van der Waals surface area contributed by atoms with Gasteiger partial charge in [-0.2, -0.15) is 0 Å². The van der Waals surface area contributed by atoms with Crippen LogP contribution in [0, 0.1) is 17.7 Å². The monoisotopic (exact) mass is 514 g/mol. The number of ether oxygens (including phenoxy) is 1. The Morgan fingerprint density at radius 1 is 1.08 bits per heavy atom. The molecule has 2 amide bonds. The normalized spacial score (nSPS) is 18.1. The molecule has 2 aromatic rings. The van der Waals surface area contributed by atoms with Gasteiger partial charge in [-0.25, -0.2) is 8.78 Å². The molecule has 0 atom stereocenters. The van der Waals surface area contributed by atoms with Crippen molar-refractivity contribution in [2.45, 2.75) is 45.2 Å². The number of amides is 2. The number of alkyl halides is 1. The van der Waals surface area contributed by atoms with Crippen molar-refractivity contribution in [1.82, 2.24) is 14.8 Å². The molecule has 0 spiro atoms. The van der Waals surface area contributed by atoms with E-state index in [1.165, 1.54) is 12.1 Å². The zero-order valence-electron chi connectivity index (χ0n) is 21.6. The van der Waals surface area contributed by atoms with Crippen LogP contribution in [-0.4, -0.2) is 71.6 Å². The van der Waals surface area contributed by atoms with E-state index in [0.29, 0.717) is 62.0 Å². The van der Waals surface area contributed by atoms with Crippen LogP contribution in [0.5, 0.6) is 5.75 Å². The van der Waals surface area contributed by atoms with Gasteiger partial charge in [-0.1, -0.05) is 6.07 Å². The summed E-state index contributed by atoms with van der Waals surface area (Å²) >= 11 is 0. The highest BCUT2D eigenvalue weighted by Crippen LogP contribution is 2.26. The second-order valence-corrected chi connectivity index (χ2v) is 10.8. The number of hydrogen-bond donors (Lipinski definition) is 1. The lowest BCUT2D eigenvalue weighted by Crippen LogP contribution is -2.42. The summed E-state index contributed by atoms with van der Waals surface area (Å²) in [4.78, 5) is 32.3. The minimum atomic E-state index is -1.18. The zero-order chi connectivity index (χ0) is 26.6. The maximum Gasteiger partial charge on any atom is 0.256 e. The van der Waals surface area contributed by atoms with Crippen molar-refractivity contribution in [3.63, 3.8) is 0 Å². The number of halogens is 2. The summed E-state index contributed by atoms with van der Waals surface area (Å²) in [6.07, 6.45) is 4.55. The third-order valence-corrected chi connectivity index (χ3v) is 7.21. The number of nitrogens with two attached hydrogens (primary N) is 1. The number of piperidine rings is 2. The van der Waals surface area contributed by atoms with E-state index in [-0.39, 0.29) is 23.3 Å². The number of benzene rings is 1. The lowest BCUT2D eigenvalue weighted by Gasteiger charge is -2.34. The van der Waals surface area contributed by atoms with Crippen LogP contribution in [0.25, 0.3) is 11.3 Å². The second kappa shape index (κ2) is 11.5. The van der Waals surface area contributed by atoms with Crippen molar-refractivity contribution < 1.29 is 23.1 Å². The maximum atomic E-state index is 14.9. The molecule has 0 unspecified atom stereocenters. The molecule has 9 heteroatoms. The SMILES string of the molecule is CC(C)(F)CN1CCC(COc2ccc(-c3ccc(C(=O)N4CCC(C(N)=O)CC4)c(F)c3)nc2)CC1. The lowest BCUT2D eigenvalue weighted by atomic mass is 9.95. The Hall–Kier alpha value is -3.07. The molecule has 4 rings (SSSR count). The van der Waals surface area contributed by atoms with Crippen LogP contribution >= 0.6 is 0 Å².